The first-order chi connectivity index (χ1) is 13.2. The predicted molar refractivity (Wildman–Crippen MR) is 110 cm³/mol. The van der Waals surface area contributed by atoms with Crippen LogP contribution in [0.5, 0.6) is 0 Å². The molecular formula is C22H22FN3S. The normalized spacial score (nSPS) is 16.0. The molecule has 0 saturated heterocycles. The quantitative estimate of drug-likeness (QED) is 0.688. The van der Waals surface area contributed by atoms with Gasteiger partial charge in [-0.05, 0) is 54.0 Å². The topological polar surface area (TPSA) is 20.2 Å². The zero-order valence-electron chi connectivity index (χ0n) is 15.0. The highest BCUT2D eigenvalue weighted by atomic mass is 32.1. The Balaban J connectivity index is 1.51. The van der Waals surface area contributed by atoms with Gasteiger partial charge in [0.2, 0.25) is 0 Å². The number of halogens is 1. The zero-order valence-corrected chi connectivity index (χ0v) is 15.8. The molecule has 1 aliphatic heterocycles. The van der Waals surface area contributed by atoms with E-state index in [-0.39, 0.29) is 11.9 Å². The van der Waals surface area contributed by atoms with Gasteiger partial charge in [0, 0.05) is 31.5 Å². The van der Waals surface area contributed by atoms with E-state index in [9.17, 15) is 4.39 Å². The summed E-state index contributed by atoms with van der Waals surface area (Å²) in [5.74, 6) is -0.222. The van der Waals surface area contributed by atoms with Crippen LogP contribution in [0.4, 0.5) is 4.39 Å². The van der Waals surface area contributed by atoms with Crippen molar-refractivity contribution in [2.75, 3.05) is 13.1 Å². The Labute approximate surface area is 164 Å². The highest BCUT2D eigenvalue weighted by molar-refractivity contribution is 7.80. The van der Waals surface area contributed by atoms with Gasteiger partial charge in [-0.15, -0.1) is 0 Å². The van der Waals surface area contributed by atoms with E-state index in [2.05, 4.69) is 57.4 Å². The van der Waals surface area contributed by atoms with Gasteiger partial charge in [0.1, 0.15) is 5.82 Å². The molecule has 2 heterocycles. The van der Waals surface area contributed by atoms with E-state index in [1.165, 1.54) is 23.4 Å². The van der Waals surface area contributed by atoms with Crippen LogP contribution in [0.15, 0.2) is 72.9 Å². The molecule has 1 aliphatic rings. The van der Waals surface area contributed by atoms with Crippen molar-refractivity contribution < 1.29 is 4.39 Å². The predicted octanol–water partition coefficient (Wildman–Crippen LogP) is 4.15. The third kappa shape index (κ3) is 3.88. The summed E-state index contributed by atoms with van der Waals surface area (Å²) in [5.41, 5.74) is 3.51. The molecule has 0 fully saturated rings. The second kappa shape index (κ2) is 7.92. The van der Waals surface area contributed by atoms with Crippen LogP contribution in [-0.4, -0.2) is 27.7 Å². The smallest absolute Gasteiger partial charge is 0.169 e. The molecule has 3 aromatic rings. The van der Waals surface area contributed by atoms with Gasteiger partial charge in [0.15, 0.2) is 5.11 Å². The maximum Gasteiger partial charge on any atom is 0.169 e. The van der Waals surface area contributed by atoms with E-state index in [0.717, 1.165) is 36.7 Å². The molecule has 0 radical (unpaired) electrons. The molecule has 4 rings (SSSR count). The van der Waals surface area contributed by atoms with Crippen LogP contribution in [0.1, 0.15) is 22.9 Å². The standard InChI is InChI=1S/C22H22FN3S/c23-19-10-8-18(9-11-19)21-20-7-4-14-25(20)15-16-26(21)22(27)24-13-12-17-5-2-1-3-6-17/h1-11,14,21H,12-13,15-16H2,(H,24,27)/t21-/m1/s1. The minimum Gasteiger partial charge on any atom is -0.362 e. The van der Waals surface area contributed by atoms with Crippen molar-refractivity contribution in [2.24, 2.45) is 0 Å². The second-order valence-electron chi connectivity index (χ2n) is 6.74. The molecule has 2 aromatic carbocycles. The Bertz CT molecular complexity index is 905. The van der Waals surface area contributed by atoms with Gasteiger partial charge in [0.05, 0.1) is 6.04 Å². The Morgan fingerprint density at radius 1 is 1.00 bits per heavy atom. The van der Waals surface area contributed by atoms with Gasteiger partial charge in [0.25, 0.3) is 0 Å². The summed E-state index contributed by atoms with van der Waals surface area (Å²) in [6.07, 6.45) is 3.02. The van der Waals surface area contributed by atoms with Crippen LogP contribution in [0.25, 0.3) is 0 Å². The van der Waals surface area contributed by atoms with Gasteiger partial charge in [-0.1, -0.05) is 42.5 Å². The number of thiocarbonyl (C=S) groups is 1. The molecule has 138 valence electrons. The van der Waals surface area contributed by atoms with Crippen molar-refractivity contribution in [1.29, 1.82) is 0 Å². The summed E-state index contributed by atoms with van der Waals surface area (Å²) in [6.45, 7) is 2.50. The van der Waals surface area contributed by atoms with Crippen molar-refractivity contribution >= 4 is 17.3 Å². The minimum absolute atomic E-state index is 0.00826. The third-order valence-corrected chi connectivity index (χ3v) is 5.40. The molecule has 5 heteroatoms. The number of hydrogen-bond acceptors (Lipinski definition) is 1. The Kier molecular flexibility index (Phi) is 5.21. The minimum atomic E-state index is -0.222. The van der Waals surface area contributed by atoms with Crippen molar-refractivity contribution in [2.45, 2.75) is 19.0 Å². The lowest BCUT2D eigenvalue weighted by Crippen LogP contribution is -2.47. The molecule has 1 N–H and O–H groups in total. The molecule has 1 atom stereocenters. The summed E-state index contributed by atoms with van der Waals surface area (Å²) < 4.78 is 15.7. The highest BCUT2D eigenvalue weighted by Crippen LogP contribution is 2.32. The molecule has 0 amide bonds. The number of nitrogens with one attached hydrogen (secondary N) is 1. The van der Waals surface area contributed by atoms with Crippen LogP contribution < -0.4 is 5.32 Å². The third-order valence-electron chi connectivity index (χ3n) is 5.02. The van der Waals surface area contributed by atoms with Crippen LogP contribution >= 0.6 is 12.2 Å². The molecule has 0 unspecified atom stereocenters. The van der Waals surface area contributed by atoms with E-state index < -0.39 is 0 Å². The molecular weight excluding hydrogens is 357 g/mol. The van der Waals surface area contributed by atoms with Crippen molar-refractivity contribution in [1.82, 2.24) is 14.8 Å². The van der Waals surface area contributed by atoms with Gasteiger partial charge in [-0.2, -0.15) is 0 Å². The van der Waals surface area contributed by atoms with Crippen LogP contribution in [-0.2, 0) is 13.0 Å². The molecule has 27 heavy (non-hydrogen) atoms. The van der Waals surface area contributed by atoms with Crippen molar-refractivity contribution in [3.63, 3.8) is 0 Å². The summed E-state index contributed by atoms with van der Waals surface area (Å²) >= 11 is 5.73. The summed E-state index contributed by atoms with van der Waals surface area (Å²) in [6, 6.07) is 21.3. The van der Waals surface area contributed by atoms with Crippen LogP contribution in [0, 0.1) is 5.82 Å². The Hall–Kier alpha value is -2.66. The number of aromatic nitrogens is 1. The highest BCUT2D eigenvalue weighted by Gasteiger charge is 2.30. The van der Waals surface area contributed by atoms with E-state index in [1.807, 2.05) is 18.2 Å². The van der Waals surface area contributed by atoms with E-state index in [1.54, 1.807) is 0 Å². The zero-order chi connectivity index (χ0) is 18.6. The first kappa shape index (κ1) is 17.7. The summed E-state index contributed by atoms with van der Waals surface area (Å²) in [7, 11) is 0. The maximum atomic E-state index is 13.4. The second-order valence-corrected chi connectivity index (χ2v) is 7.13. The molecule has 1 aromatic heterocycles. The lowest BCUT2D eigenvalue weighted by atomic mass is 10.0. The van der Waals surface area contributed by atoms with E-state index >= 15 is 0 Å². The average molecular weight is 380 g/mol. The number of rotatable bonds is 4. The van der Waals surface area contributed by atoms with E-state index in [0.29, 0.717) is 0 Å². The monoisotopic (exact) mass is 379 g/mol. The number of benzene rings is 2. The van der Waals surface area contributed by atoms with Crippen molar-refractivity contribution in [3.8, 4) is 0 Å². The number of nitrogens with zero attached hydrogens (tertiary/aromatic N) is 2. The van der Waals surface area contributed by atoms with E-state index in [4.69, 9.17) is 12.2 Å². The Morgan fingerprint density at radius 3 is 2.56 bits per heavy atom. The molecule has 0 aliphatic carbocycles. The number of hydrogen-bond donors (Lipinski definition) is 1. The lowest BCUT2D eigenvalue weighted by molar-refractivity contribution is 0.286. The first-order valence-electron chi connectivity index (χ1n) is 9.21. The average Bonchev–Trinajstić information content (AvgIpc) is 3.17. The lowest BCUT2D eigenvalue weighted by Gasteiger charge is -2.39. The largest absolute Gasteiger partial charge is 0.362 e. The SMILES string of the molecule is Fc1ccc([C@@H]2c3cccn3CCN2C(=S)NCCc2ccccc2)cc1. The summed E-state index contributed by atoms with van der Waals surface area (Å²) in [5, 5.41) is 4.15. The fraction of sp³-hybridized carbons (Fsp3) is 0.227. The van der Waals surface area contributed by atoms with Crippen molar-refractivity contribution in [3.05, 3.63) is 95.6 Å². The van der Waals surface area contributed by atoms with Gasteiger partial charge < -0.3 is 14.8 Å². The maximum absolute atomic E-state index is 13.4. The van der Waals surface area contributed by atoms with Crippen LogP contribution in [0.2, 0.25) is 0 Å². The Morgan fingerprint density at radius 2 is 1.78 bits per heavy atom. The van der Waals surface area contributed by atoms with Crippen LogP contribution in [0.3, 0.4) is 0 Å². The summed E-state index contributed by atoms with van der Waals surface area (Å²) in [4.78, 5) is 2.21. The first-order valence-corrected chi connectivity index (χ1v) is 9.62. The number of fused-ring (bicyclic) bond motifs is 1. The molecule has 0 spiro atoms. The molecule has 0 bridgehead atoms. The molecule has 3 nitrogen and oxygen atoms in total. The molecule has 0 saturated carbocycles. The fourth-order valence-corrected chi connectivity index (χ4v) is 3.96. The van der Waals surface area contributed by atoms with Gasteiger partial charge in [-0.25, -0.2) is 4.39 Å². The van der Waals surface area contributed by atoms with Gasteiger partial charge >= 0.3 is 0 Å². The fourth-order valence-electron chi connectivity index (χ4n) is 3.66. The van der Waals surface area contributed by atoms with Gasteiger partial charge in [-0.3, -0.25) is 0 Å².